The summed E-state index contributed by atoms with van der Waals surface area (Å²) in [6, 6.07) is 15.9. The fourth-order valence-electron chi connectivity index (χ4n) is 3.40. The number of methoxy groups -OCH3 is 2. The Morgan fingerprint density at radius 1 is 0.964 bits per heavy atom. The number of rotatable bonds is 7. The molecule has 1 heterocycles. The minimum Gasteiger partial charge on any atom is -0.497 e. The van der Waals surface area contributed by atoms with Crippen molar-refractivity contribution in [1.82, 2.24) is 15.1 Å². The van der Waals surface area contributed by atoms with Gasteiger partial charge in [0.15, 0.2) is 0 Å². The van der Waals surface area contributed by atoms with Crippen molar-refractivity contribution in [3.05, 3.63) is 59.7 Å². The molecule has 1 aliphatic heterocycles. The van der Waals surface area contributed by atoms with Crippen molar-refractivity contribution in [2.75, 3.05) is 46.9 Å². The summed E-state index contributed by atoms with van der Waals surface area (Å²) in [5, 5.41) is 3.01. The number of ether oxygens (including phenoxy) is 2. The highest BCUT2D eigenvalue weighted by Crippen LogP contribution is 2.18. The predicted molar refractivity (Wildman–Crippen MR) is 110 cm³/mol. The summed E-state index contributed by atoms with van der Waals surface area (Å²) in [6.45, 7) is 4.79. The number of urea groups is 1. The summed E-state index contributed by atoms with van der Waals surface area (Å²) < 4.78 is 10.6. The lowest BCUT2D eigenvalue weighted by Crippen LogP contribution is -2.51. The van der Waals surface area contributed by atoms with E-state index in [1.807, 2.05) is 47.4 Å². The Hall–Kier alpha value is -2.73. The highest BCUT2D eigenvalue weighted by molar-refractivity contribution is 5.74. The summed E-state index contributed by atoms with van der Waals surface area (Å²) in [7, 11) is 3.36. The maximum Gasteiger partial charge on any atom is 0.317 e. The molecular formula is C22H29N3O3. The van der Waals surface area contributed by atoms with Crippen molar-refractivity contribution in [3.63, 3.8) is 0 Å². The molecule has 2 aromatic rings. The van der Waals surface area contributed by atoms with Gasteiger partial charge in [0.2, 0.25) is 0 Å². The maximum atomic E-state index is 12.4. The number of hydrogen-bond donors (Lipinski definition) is 1. The Morgan fingerprint density at radius 3 is 2.36 bits per heavy atom. The molecule has 2 aromatic carbocycles. The highest BCUT2D eigenvalue weighted by Gasteiger charge is 2.20. The third kappa shape index (κ3) is 5.39. The first-order chi connectivity index (χ1) is 13.7. The van der Waals surface area contributed by atoms with Gasteiger partial charge in [-0.25, -0.2) is 4.79 Å². The summed E-state index contributed by atoms with van der Waals surface area (Å²) in [4.78, 5) is 16.7. The van der Waals surface area contributed by atoms with Gasteiger partial charge >= 0.3 is 6.03 Å². The molecule has 2 amide bonds. The van der Waals surface area contributed by atoms with Gasteiger partial charge in [-0.1, -0.05) is 30.3 Å². The Morgan fingerprint density at radius 2 is 1.68 bits per heavy atom. The van der Waals surface area contributed by atoms with Crippen molar-refractivity contribution in [2.24, 2.45) is 0 Å². The minimum absolute atomic E-state index is 0.000182. The number of carbonyl (C=O) groups is 1. The van der Waals surface area contributed by atoms with Crippen LogP contribution in [0.2, 0.25) is 0 Å². The zero-order valence-corrected chi connectivity index (χ0v) is 16.7. The van der Waals surface area contributed by atoms with Gasteiger partial charge in [0.05, 0.1) is 14.2 Å². The van der Waals surface area contributed by atoms with Crippen molar-refractivity contribution in [3.8, 4) is 11.5 Å². The van der Waals surface area contributed by atoms with E-state index in [0.717, 1.165) is 56.2 Å². The molecule has 0 atom stereocenters. The topological polar surface area (TPSA) is 54.0 Å². The van der Waals surface area contributed by atoms with Crippen LogP contribution in [0.15, 0.2) is 48.5 Å². The van der Waals surface area contributed by atoms with Crippen LogP contribution in [0, 0.1) is 0 Å². The molecule has 1 saturated heterocycles. The summed E-state index contributed by atoms with van der Waals surface area (Å²) in [5.74, 6) is 1.76. The number of hydrogen-bond acceptors (Lipinski definition) is 4. The minimum atomic E-state index is 0.000182. The van der Waals surface area contributed by atoms with Gasteiger partial charge < -0.3 is 19.7 Å². The first-order valence-electron chi connectivity index (χ1n) is 9.69. The molecular weight excluding hydrogens is 354 g/mol. The van der Waals surface area contributed by atoms with E-state index in [1.165, 1.54) is 5.56 Å². The van der Waals surface area contributed by atoms with E-state index >= 15 is 0 Å². The zero-order valence-electron chi connectivity index (χ0n) is 16.7. The van der Waals surface area contributed by atoms with Crippen LogP contribution in [0.4, 0.5) is 4.79 Å². The fourth-order valence-corrected chi connectivity index (χ4v) is 3.40. The molecule has 6 nitrogen and oxygen atoms in total. The molecule has 1 fully saturated rings. The number of piperazine rings is 1. The predicted octanol–water partition coefficient (Wildman–Crippen LogP) is 2.77. The zero-order chi connectivity index (χ0) is 19.8. The number of nitrogens with one attached hydrogen (secondary N) is 1. The SMILES string of the molecule is COc1ccc(CNC(=O)N2CCN(CCc3ccccc3OC)CC2)cc1. The van der Waals surface area contributed by atoms with Crippen LogP contribution >= 0.6 is 0 Å². The Balaban J connectivity index is 1.39. The summed E-state index contributed by atoms with van der Waals surface area (Å²) >= 11 is 0. The monoisotopic (exact) mass is 383 g/mol. The summed E-state index contributed by atoms with van der Waals surface area (Å²) in [5.41, 5.74) is 2.29. The number of nitrogens with zero attached hydrogens (tertiary/aromatic N) is 2. The number of benzene rings is 2. The van der Waals surface area contributed by atoms with Gasteiger partial charge in [0.1, 0.15) is 11.5 Å². The third-order valence-electron chi connectivity index (χ3n) is 5.15. The molecule has 0 aliphatic carbocycles. The van der Waals surface area contributed by atoms with Crippen LogP contribution in [-0.4, -0.2) is 62.8 Å². The quantitative estimate of drug-likeness (QED) is 0.799. The Bertz CT molecular complexity index is 756. The molecule has 0 saturated carbocycles. The number of para-hydroxylation sites is 1. The van der Waals surface area contributed by atoms with Crippen molar-refractivity contribution >= 4 is 6.03 Å². The lowest BCUT2D eigenvalue weighted by atomic mass is 10.1. The van der Waals surface area contributed by atoms with Gasteiger partial charge in [-0.2, -0.15) is 0 Å². The second-order valence-electron chi connectivity index (χ2n) is 6.90. The van der Waals surface area contributed by atoms with Crippen LogP contribution < -0.4 is 14.8 Å². The Kier molecular flexibility index (Phi) is 7.14. The van der Waals surface area contributed by atoms with Crippen LogP contribution in [-0.2, 0) is 13.0 Å². The van der Waals surface area contributed by atoms with Crippen LogP contribution in [0.1, 0.15) is 11.1 Å². The Labute approximate surface area is 167 Å². The highest BCUT2D eigenvalue weighted by atomic mass is 16.5. The van der Waals surface area contributed by atoms with Crippen LogP contribution in [0.5, 0.6) is 11.5 Å². The van der Waals surface area contributed by atoms with E-state index in [0.29, 0.717) is 6.54 Å². The van der Waals surface area contributed by atoms with E-state index in [2.05, 4.69) is 16.3 Å². The summed E-state index contributed by atoms with van der Waals surface area (Å²) in [6.07, 6.45) is 0.952. The van der Waals surface area contributed by atoms with Crippen molar-refractivity contribution in [1.29, 1.82) is 0 Å². The maximum absolute atomic E-state index is 12.4. The lowest BCUT2D eigenvalue weighted by molar-refractivity contribution is 0.139. The number of amides is 2. The van der Waals surface area contributed by atoms with Gasteiger partial charge in [-0.15, -0.1) is 0 Å². The second-order valence-corrected chi connectivity index (χ2v) is 6.90. The largest absolute Gasteiger partial charge is 0.497 e. The molecule has 0 unspecified atom stereocenters. The molecule has 6 heteroatoms. The van der Waals surface area contributed by atoms with Crippen molar-refractivity contribution < 1.29 is 14.3 Å². The molecule has 28 heavy (non-hydrogen) atoms. The second kappa shape index (κ2) is 9.99. The molecule has 0 bridgehead atoms. The van der Waals surface area contributed by atoms with Gasteiger partial charge in [-0.3, -0.25) is 4.90 Å². The van der Waals surface area contributed by atoms with E-state index < -0.39 is 0 Å². The van der Waals surface area contributed by atoms with Crippen LogP contribution in [0.25, 0.3) is 0 Å². The molecule has 0 aromatic heterocycles. The van der Waals surface area contributed by atoms with Gasteiger partial charge in [0.25, 0.3) is 0 Å². The molecule has 3 rings (SSSR count). The molecule has 1 N–H and O–H groups in total. The lowest BCUT2D eigenvalue weighted by Gasteiger charge is -2.34. The fraction of sp³-hybridized carbons (Fsp3) is 0.409. The smallest absolute Gasteiger partial charge is 0.317 e. The molecule has 0 radical (unpaired) electrons. The normalized spacial score (nSPS) is 14.6. The van der Waals surface area contributed by atoms with Gasteiger partial charge in [-0.05, 0) is 35.7 Å². The van der Waals surface area contributed by atoms with Crippen molar-refractivity contribution in [2.45, 2.75) is 13.0 Å². The standard InChI is InChI=1S/C22H29N3O3/c1-27-20-9-7-18(8-10-20)17-23-22(26)25-15-13-24(14-16-25)12-11-19-5-3-4-6-21(19)28-2/h3-10H,11-17H2,1-2H3,(H,23,26). The molecule has 1 aliphatic rings. The first kappa shape index (κ1) is 20.0. The number of carbonyl (C=O) groups excluding carboxylic acids is 1. The van der Waals surface area contributed by atoms with Gasteiger partial charge in [0, 0.05) is 39.3 Å². The van der Waals surface area contributed by atoms with Crippen LogP contribution in [0.3, 0.4) is 0 Å². The molecule has 150 valence electrons. The average molecular weight is 383 g/mol. The molecule has 0 spiro atoms. The van der Waals surface area contributed by atoms with E-state index in [9.17, 15) is 4.79 Å². The third-order valence-corrected chi connectivity index (χ3v) is 5.15. The first-order valence-corrected chi connectivity index (χ1v) is 9.69. The van der Waals surface area contributed by atoms with E-state index in [1.54, 1.807) is 14.2 Å². The van der Waals surface area contributed by atoms with E-state index in [-0.39, 0.29) is 6.03 Å². The van der Waals surface area contributed by atoms with E-state index in [4.69, 9.17) is 9.47 Å². The average Bonchev–Trinajstić information content (AvgIpc) is 2.77.